The van der Waals surface area contributed by atoms with Gasteiger partial charge in [-0.1, -0.05) is 23.2 Å². The molecule has 0 aliphatic carbocycles. The largest absolute Gasteiger partial charge is 0.481 e. The van der Waals surface area contributed by atoms with Crippen LogP contribution in [0.15, 0.2) is 35.4 Å². The molecule has 0 aliphatic heterocycles. The van der Waals surface area contributed by atoms with E-state index in [2.05, 4.69) is 9.71 Å². The quantitative estimate of drug-likeness (QED) is 0.829. The molecule has 9 heteroatoms. The Hall–Kier alpha value is -1.70. The van der Waals surface area contributed by atoms with Gasteiger partial charge in [-0.2, -0.15) is 0 Å². The van der Waals surface area contributed by atoms with Gasteiger partial charge in [0.15, 0.2) is 0 Å². The van der Waals surface area contributed by atoms with Crippen LogP contribution in [0.5, 0.6) is 5.88 Å². The summed E-state index contributed by atoms with van der Waals surface area (Å²) in [6.07, 6.45) is 1.32. The molecule has 2 aromatic rings. The van der Waals surface area contributed by atoms with Gasteiger partial charge in [0.25, 0.3) is 10.0 Å². The summed E-state index contributed by atoms with van der Waals surface area (Å²) in [4.78, 5) is 3.67. The number of halogens is 2. The molecule has 21 heavy (non-hydrogen) atoms. The number of pyridine rings is 1. The van der Waals surface area contributed by atoms with Crippen molar-refractivity contribution < 1.29 is 13.2 Å². The van der Waals surface area contributed by atoms with Crippen LogP contribution in [0.4, 0.5) is 11.4 Å². The molecule has 112 valence electrons. The van der Waals surface area contributed by atoms with E-state index in [9.17, 15) is 8.42 Å². The Labute approximate surface area is 131 Å². The van der Waals surface area contributed by atoms with E-state index in [0.717, 1.165) is 0 Å². The molecule has 1 heterocycles. The number of nitrogen functional groups attached to an aromatic ring is 1. The molecule has 2 rings (SSSR count). The fraction of sp³-hybridized carbons (Fsp3) is 0.0833. The van der Waals surface area contributed by atoms with Gasteiger partial charge in [0.05, 0.1) is 29.7 Å². The average molecular weight is 348 g/mol. The Morgan fingerprint density at radius 3 is 2.52 bits per heavy atom. The second kappa shape index (κ2) is 5.97. The molecule has 0 radical (unpaired) electrons. The Morgan fingerprint density at radius 1 is 1.29 bits per heavy atom. The smallest absolute Gasteiger partial charge is 0.265 e. The molecule has 0 fully saturated rings. The molecule has 0 amide bonds. The van der Waals surface area contributed by atoms with Crippen LogP contribution in [0.1, 0.15) is 0 Å². The van der Waals surface area contributed by atoms with Gasteiger partial charge in [0.1, 0.15) is 4.90 Å². The van der Waals surface area contributed by atoms with E-state index in [1.54, 1.807) is 0 Å². The van der Waals surface area contributed by atoms with Crippen LogP contribution in [0, 0.1) is 0 Å². The second-order valence-electron chi connectivity index (χ2n) is 4.00. The van der Waals surface area contributed by atoms with E-state index in [0.29, 0.717) is 5.88 Å². The lowest BCUT2D eigenvalue weighted by atomic mass is 10.3. The Morgan fingerprint density at radius 2 is 2.00 bits per heavy atom. The maximum Gasteiger partial charge on any atom is 0.265 e. The summed E-state index contributed by atoms with van der Waals surface area (Å²) < 4.78 is 31.9. The predicted octanol–water partition coefficient (Wildman–Crippen LogP) is 2.78. The first-order chi connectivity index (χ1) is 9.83. The third kappa shape index (κ3) is 3.49. The van der Waals surface area contributed by atoms with Gasteiger partial charge in [-0.3, -0.25) is 4.72 Å². The van der Waals surface area contributed by atoms with Crippen molar-refractivity contribution in [2.75, 3.05) is 17.6 Å². The number of nitrogens with one attached hydrogen (secondary N) is 1. The van der Waals surface area contributed by atoms with Crippen LogP contribution in [0.3, 0.4) is 0 Å². The lowest BCUT2D eigenvalue weighted by Crippen LogP contribution is -2.15. The highest BCUT2D eigenvalue weighted by Gasteiger charge is 2.22. The van der Waals surface area contributed by atoms with E-state index in [4.69, 9.17) is 33.7 Å². The van der Waals surface area contributed by atoms with Crippen LogP contribution >= 0.6 is 23.2 Å². The summed E-state index contributed by atoms with van der Waals surface area (Å²) in [5.74, 6) is 0.363. The van der Waals surface area contributed by atoms with Crippen LogP contribution < -0.4 is 15.2 Å². The summed E-state index contributed by atoms with van der Waals surface area (Å²) in [7, 11) is -2.50. The fourth-order valence-electron chi connectivity index (χ4n) is 1.63. The number of anilines is 2. The van der Waals surface area contributed by atoms with Crippen LogP contribution in [-0.2, 0) is 10.0 Å². The standard InChI is InChI=1S/C12H11Cl2N3O3S/c1-20-11-3-2-8(6-16-11)17-21(18,19)12-9(14)4-7(13)5-10(12)15/h2-6,17H,15H2,1H3. The first-order valence-electron chi connectivity index (χ1n) is 5.61. The van der Waals surface area contributed by atoms with Gasteiger partial charge in [-0.25, -0.2) is 13.4 Å². The van der Waals surface area contributed by atoms with Gasteiger partial charge in [0.2, 0.25) is 5.88 Å². The van der Waals surface area contributed by atoms with Crippen molar-refractivity contribution in [1.82, 2.24) is 4.98 Å². The summed E-state index contributed by atoms with van der Waals surface area (Å²) in [6, 6.07) is 5.64. The molecule has 0 bridgehead atoms. The van der Waals surface area contributed by atoms with Gasteiger partial charge >= 0.3 is 0 Å². The van der Waals surface area contributed by atoms with E-state index >= 15 is 0 Å². The molecule has 6 nitrogen and oxygen atoms in total. The minimum Gasteiger partial charge on any atom is -0.481 e. The summed E-state index contributed by atoms with van der Waals surface area (Å²) in [6.45, 7) is 0. The van der Waals surface area contributed by atoms with E-state index in [-0.39, 0.29) is 26.3 Å². The number of nitrogens with zero attached hydrogens (tertiary/aromatic N) is 1. The van der Waals surface area contributed by atoms with Crippen molar-refractivity contribution in [2.24, 2.45) is 0 Å². The number of benzene rings is 1. The van der Waals surface area contributed by atoms with Gasteiger partial charge in [-0.15, -0.1) is 0 Å². The van der Waals surface area contributed by atoms with Crippen molar-refractivity contribution in [2.45, 2.75) is 4.90 Å². The zero-order valence-corrected chi connectivity index (χ0v) is 13.1. The van der Waals surface area contributed by atoms with Crippen molar-refractivity contribution in [3.63, 3.8) is 0 Å². The van der Waals surface area contributed by atoms with Gasteiger partial charge in [-0.05, 0) is 18.2 Å². The molecule has 0 unspecified atom stereocenters. The Balaban J connectivity index is 2.38. The molecule has 0 spiro atoms. The highest BCUT2D eigenvalue weighted by Crippen LogP contribution is 2.32. The fourth-order valence-corrected chi connectivity index (χ4v) is 3.66. The molecule has 0 saturated carbocycles. The maximum atomic E-state index is 12.3. The number of hydrogen-bond acceptors (Lipinski definition) is 5. The monoisotopic (exact) mass is 347 g/mol. The number of methoxy groups -OCH3 is 1. The highest BCUT2D eigenvalue weighted by atomic mass is 35.5. The normalized spacial score (nSPS) is 11.2. The van der Waals surface area contributed by atoms with Crippen LogP contribution in [0.2, 0.25) is 10.0 Å². The van der Waals surface area contributed by atoms with Crippen molar-refractivity contribution in [3.8, 4) is 5.88 Å². The summed E-state index contributed by atoms with van der Waals surface area (Å²) in [5.41, 5.74) is 5.89. The van der Waals surface area contributed by atoms with E-state index in [1.807, 2.05) is 0 Å². The molecule has 0 saturated heterocycles. The predicted molar refractivity (Wildman–Crippen MR) is 82.5 cm³/mol. The number of rotatable bonds is 4. The lowest BCUT2D eigenvalue weighted by Gasteiger charge is -2.12. The third-order valence-electron chi connectivity index (χ3n) is 2.50. The lowest BCUT2D eigenvalue weighted by molar-refractivity contribution is 0.398. The summed E-state index contributed by atoms with van der Waals surface area (Å²) >= 11 is 11.7. The van der Waals surface area contributed by atoms with Crippen LogP contribution in [-0.4, -0.2) is 20.5 Å². The second-order valence-corrected chi connectivity index (χ2v) is 6.46. The topological polar surface area (TPSA) is 94.3 Å². The zero-order valence-electron chi connectivity index (χ0n) is 10.8. The minimum absolute atomic E-state index is 0.0403. The zero-order chi connectivity index (χ0) is 15.6. The number of aromatic nitrogens is 1. The minimum atomic E-state index is -3.96. The van der Waals surface area contributed by atoms with Crippen molar-refractivity contribution in [1.29, 1.82) is 0 Å². The molecule has 1 aromatic carbocycles. The average Bonchev–Trinajstić information content (AvgIpc) is 2.37. The van der Waals surface area contributed by atoms with Crippen molar-refractivity contribution >= 4 is 44.6 Å². The maximum absolute atomic E-state index is 12.3. The van der Waals surface area contributed by atoms with Gasteiger partial charge < -0.3 is 10.5 Å². The first-order valence-corrected chi connectivity index (χ1v) is 7.85. The molecular weight excluding hydrogens is 337 g/mol. The molecule has 0 aliphatic rings. The molecule has 0 atom stereocenters. The highest BCUT2D eigenvalue weighted by molar-refractivity contribution is 7.93. The first kappa shape index (κ1) is 15.7. The number of nitrogens with two attached hydrogens (primary N) is 1. The molecule has 3 N–H and O–H groups in total. The number of ether oxygens (including phenoxy) is 1. The number of hydrogen-bond donors (Lipinski definition) is 2. The van der Waals surface area contributed by atoms with Gasteiger partial charge in [0, 0.05) is 11.1 Å². The molecular formula is C12H11Cl2N3O3S. The number of sulfonamides is 1. The van der Waals surface area contributed by atoms with E-state index in [1.165, 1.54) is 37.6 Å². The third-order valence-corrected chi connectivity index (χ3v) is 4.63. The van der Waals surface area contributed by atoms with E-state index < -0.39 is 10.0 Å². The summed E-state index contributed by atoms with van der Waals surface area (Å²) in [5, 5.41) is 0.191. The molecule has 1 aromatic heterocycles. The van der Waals surface area contributed by atoms with Crippen molar-refractivity contribution in [3.05, 3.63) is 40.5 Å². The Bertz CT molecular complexity index is 741. The SMILES string of the molecule is COc1ccc(NS(=O)(=O)c2c(N)cc(Cl)cc2Cl)cn1. The van der Waals surface area contributed by atoms with Crippen LogP contribution in [0.25, 0.3) is 0 Å². The Kier molecular flexibility index (Phi) is 4.46.